The number of halogens is 2. The average Bonchev–Trinajstić information content (AvgIpc) is 3.36. The van der Waals surface area contributed by atoms with Gasteiger partial charge in [-0.15, -0.1) is 5.10 Å². The normalized spacial score (nSPS) is 17.3. The predicted molar refractivity (Wildman–Crippen MR) is 107 cm³/mol. The maximum absolute atomic E-state index is 14.1. The minimum atomic E-state index is -3.08. The lowest BCUT2D eigenvalue weighted by molar-refractivity contribution is 0.0116. The van der Waals surface area contributed by atoms with Gasteiger partial charge in [0.15, 0.2) is 5.69 Å². The first-order valence-corrected chi connectivity index (χ1v) is 9.77. The molecule has 166 valence electrons. The van der Waals surface area contributed by atoms with Crippen molar-refractivity contribution < 1.29 is 18.4 Å². The monoisotopic (exact) mass is 443 g/mol. The third-order valence-electron chi connectivity index (χ3n) is 5.00. The number of likely N-dealkylation sites (tertiary alicyclic amines) is 1. The lowest BCUT2D eigenvalue weighted by Gasteiger charge is -2.23. The molecule has 3 aromatic rings. The van der Waals surface area contributed by atoms with Crippen molar-refractivity contribution in [2.24, 2.45) is 0 Å². The van der Waals surface area contributed by atoms with Gasteiger partial charge in [0.25, 0.3) is 23.3 Å². The molecule has 1 aliphatic rings. The third-order valence-corrected chi connectivity index (χ3v) is 5.00. The maximum Gasteiger partial charge on any atom is 0.274 e. The molecule has 1 aromatic carbocycles. The number of alkyl halides is 2. The highest BCUT2D eigenvalue weighted by Gasteiger charge is 2.47. The van der Waals surface area contributed by atoms with E-state index in [1.54, 1.807) is 0 Å². The Morgan fingerprint density at radius 2 is 1.94 bits per heavy atom. The van der Waals surface area contributed by atoms with E-state index in [1.165, 1.54) is 16.9 Å². The Bertz CT molecular complexity index is 1160. The van der Waals surface area contributed by atoms with Gasteiger partial charge in [-0.25, -0.2) is 18.6 Å². The van der Waals surface area contributed by atoms with Gasteiger partial charge in [0.2, 0.25) is 0 Å². The smallest absolute Gasteiger partial charge is 0.274 e. The van der Waals surface area contributed by atoms with Crippen molar-refractivity contribution in [1.82, 2.24) is 35.4 Å². The third kappa shape index (κ3) is 4.85. The van der Waals surface area contributed by atoms with Crippen molar-refractivity contribution in [2.45, 2.75) is 31.5 Å². The Kier molecular flexibility index (Phi) is 5.75. The van der Waals surface area contributed by atoms with Gasteiger partial charge in [-0.3, -0.25) is 14.4 Å². The minimum absolute atomic E-state index is 0.0332. The highest BCUT2D eigenvalue weighted by molar-refractivity contribution is 5.92. The van der Waals surface area contributed by atoms with E-state index >= 15 is 0 Å². The van der Waals surface area contributed by atoms with Crippen LogP contribution in [-0.2, 0) is 13.1 Å². The van der Waals surface area contributed by atoms with Crippen LogP contribution in [0.25, 0.3) is 0 Å². The molecule has 1 unspecified atom stereocenters. The van der Waals surface area contributed by atoms with Crippen LogP contribution in [0.15, 0.2) is 53.5 Å². The highest BCUT2D eigenvalue weighted by atomic mass is 19.3. The molecule has 10 nitrogen and oxygen atoms in total. The average molecular weight is 443 g/mol. The molecule has 2 aromatic heterocycles. The summed E-state index contributed by atoms with van der Waals surface area (Å²) in [5.74, 6) is -4.27. The first-order valence-electron chi connectivity index (χ1n) is 9.77. The largest absolute Gasteiger partial charge is 0.347 e. The number of hydrogen-bond donors (Lipinski definition) is 2. The molecule has 1 aliphatic heterocycles. The number of nitrogens with one attached hydrogen (secondary N) is 2. The van der Waals surface area contributed by atoms with E-state index in [9.17, 15) is 23.2 Å². The van der Waals surface area contributed by atoms with Crippen molar-refractivity contribution in [3.05, 3.63) is 76.0 Å². The second kappa shape index (κ2) is 8.65. The van der Waals surface area contributed by atoms with Gasteiger partial charge >= 0.3 is 0 Å². The molecular weight excluding hydrogens is 424 g/mol. The number of aromatic nitrogens is 5. The van der Waals surface area contributed by atoms with E-state index < -0.39 is 42.3 Å². The molecule has 1 atom stereocenters. The fraction of sp³-hybridized carbons (Fsp3) is 0.300. The molecule has 0 bridgehead atoms. The first-order chi connectivity index (χ1) is 15.3. The summed E-state index contributed by atoms with van der Waals surface area (Å²) in [5.41, 5.74) is 0.287. The van der Waals surface area contributed by atoms with Gasteiger partial charge in [-0.1, -0.05) is 35.5 Å². The number of aromatic amines is 1. The number of rotatable bonds is 6. The number of hydrogen-bond acceptors (Lipinski definition) is 6. The zero-order valence-corrected chi connectivity index (χ0v) is 16.7. The Hall–Kier alpha value is -3.96. The van der Waals surface area contributed by atoms with Crippen LogP contribution in [0.2, 0.25) is 0 Å². The van der Waals surface area contributed by atoms with E-state index in [1.807, 2.05) is 30.3 Å². The van der Waals surface area contributed by atoms with Crippen molar-refractivity contribution in [2.75, 3.05) is 6.54 Å². The quantitative estimate of drug-likeness (QED) is 0.582. The summed E-state index contributed by atoms with van der Waals surface area (Å²) in [5, 5.41) is 16.1. The van der Waals surface area contributed by atoms with Crippen molar-refractivity contribution in [1.29, 1.82) is 0 Å². The van der Waals surface area contributed by atoms with Crippen LogP contribution in [0, 0.1) is 0 Å². The number of carbonyl (C=O) groups excluding carboxylic acids is 2. The summed E-state index contributed by atoms with van der Waals surface area (Å²) in [4.78, 5) is 37.1. The Morgan fingerprint density at radius 3 is 2.66 bits per heavy atom. The zero-order chi connectivity index (χ0) is 22.7. The van der Waals surface area contributed by atoms with Crippen LogP contribution in [0.1, 0.15) is 33.0 Å². The van der Waals surface area contributed by atoms with Crippen LogP contribution < -0.4 is 10.9 Å². The van der Waals surface area contributed by atoms with Crippen molar-refractivity contribution in [3.63, 3.8) is 0 Å². The van der Waals surface area contributed by atoms with Gasteiger partial charge in [-0.05, 0) is 11.6 Å². The van der Waals surface area contributed by atoms with Gasteiger partial charge in [0.05, 0.1) is 25.3 Å². The SMILES string of the molecule is O=C(NCc1ccccc1)c1cn(CC2CC(F)(F)CN2C(=O)c2ccc(=O)[nH]n2)nn1. The molecule has 0 aliphatic carbocycles. The summed E-state index contributed by atoms with van der Waals surface area (Å²) in [6.45, 7) is -0.560. The number of benzene rings is 1. The number of amides is 2. The van der Waals surface area contributed by atoms with Gasteiger partial charge < -0.3 is 10.2 Å². The van der Waals surface area contributed by atoms with Gasteiger partial charge in [0, 0.05) is 19.0 Å². The van der Waals surface area contributed by atoms with Crippen molar-refractivity contribution in [3.8, 4) is 0 Å². The summed E-state index contributed by atoms with van der Waals surface area (Å²) in [6, 6.07) is 10.7. The van der Waals surface area contributed by atoms with E-state index in [4.69, 9.17) is 0 Å². The Morgan fingerprint density at radius 1 is 1.16 bits per heavy atom. The van der Waals surface area contributed by atoms with Gasteiger partial charge in [-0.2, -0.15) is 5.10 Å². The second-order valence-corrected chi connectivity index (χ2v) is 7.45. The lowest BCUT2D eigenvalue weighted by Crippen LogP contribution is -2.39. The molecule has 2 amide bonds. The topological polar surface area (TPSA) is 126 Å². The van der Waals surface area contributed by atoms with E-state index in [0.717, 1.165) is 16.5 Å². The first kappa shape index (κ1) is 21.3. The number of H-pyrrole nitrogens is 1. The molecule has 0 spiro atoms. The Labute approximate surface area is 180 Å². The van der Waals surface area contributed by atoms with Crippen LogP contribution in [-0.4, -0.2) is 60.4 Å². The zero-order valence-electron chi connectivity index (χ0n) is 16.7. The maximum atomic E-state index is 14.1. The van der Waals surface area contributed by atoms with E-state index in [2.05, 4.69) is 25.8 Å². The lowest BCUT2D eigenvalue weighted by atomic mass is 10.2. The van der Waals surface area contributed by atoms with Crippen LogP contribution >= 0.6 is 0 Å². The molecule has 2 N–H and O–H groups in total. The molecule has 0 radical (unpaired) electrons. The number of carbonyl (C=O) groups is 2. The molecule has 0 saturated carbocycles. The fourth-order valence-corrected chi connectivity index (χ4v) is 3.49. The van der Waals surface area contributed by atoms with Crippen LogP contribution in [0.5, 0.6) is 0 Å². The summed E-state index contributed by atoms with van der Waals surface area (Å²) in [6.07, 6.45) is 0.773. The van der Waals surface area contributed by atoms with Crippen LogP contribution in [0.4, 0.5) is 8.78 Å². The predicted octanol–water partition coefficient (Wildman–Crippen LogP) is 0.841. The minimum Gasteiger partial charge on any atom is -0.347 e. The highest BCUT2D eigenvalue weighted by Crippen LogP contribution is 2.33. The molecule has 32 heavy (non-hydrogen) atoms. The Balaban J connectivity index is 1.43. The molecule has 1 fully saturated rings. The molecule has 4 rings (SSSR count). The van der Waals surface area contributed by atoms with Gasteiger partial charge in [0.1, 0.15) is 5.69 Å². The van der Waals surface area contributed by atoms with E-state index in [0.29, 0.717) is 6.54 Å². The fourth-order valence-electron chi connectivity index (χ4n) is 3.49. The van der Waals surface area contributed by atoms with Crippen molar-refractivity contribution >= 4 is 11.8 Å². The number of nitrogens with zero attached hydrogens (tertiary/aromatic N) is 5. The summed E-state index contributed by atoms with van der Waals surface area (Å²) in [7, 11) is 0. The standard InChI is InChI=1S/C20H19F2N7O3/c21-20(22)8-14(29(12-20)19(32)15-6-7-17(30)26-24-15)10-28-11-16(25-27-28)18(31)23-9-13-4-2-1-3-5-13/h1-7,11,14H,8-10,12H2,(H,23,31)(H,26,30). The summed E-state index contributed by atoms with van der Waals surface area (Å²) < 4.78 is 29.5. The molecule has 1 saturated heterocycles. The summed E-state index contributed by atoms with van der Waals surface area (Å²) >= 11 is 0. The molecule has 3 heterocycles. The molecular formula is C20H19F2N7O3. The van der Waals surface area contributed by atoms with Crippen LogP contribution in [0.3, 0.4) is 0 Å². The second-order valence-electron chi connectivity index (χ2n) is 7.45. The molecule has 12 heteroatoms. The van der Waals surface area contributed by atoms with E-state index in [-0.39, 0.29) is 17.9 Å².